The molecule has 3 aromatic rings. The van der Waals surface area contributed by atoms with Crippen molar-refractivity contribution in [1.29, 1.82) is 0 Å². The van der Waals surface area contributed by atoms with Crippen LogP contribution in [0.4, 0.5) is 5.69 Å². The van der Waals surface area contributed by atoms with E-state index in [0.29, 0.717) is 17.8 Å². The van der Waals surface area contributed by atoms with Gasteiger partial charge in [0.15, 0.2) is 0 Å². The Morgan fingerprint density at radius 2 is 1.67 bits per heavy atom. The van der Waals surface area contributed by atoms with Gasteiger partial charge in [0.25, 0.3) is 10.0 Å². The maximum absolute atomic E-state index is 14.0. The van der Waals surface area contributed by atoms with Crippen LogP contribution in [0, 0.1) is 13.8 Å². The zero-order chi connectivity index (χ0) is 28.6. The van der Waals surface area contributed by atoms with E-state index in [1.807, 2.05) is 44.2 Å². The van der Waals surface area contributed by atoms with Crippen LogP contribution < -0.4 is 9.62 Å². The van der Waals surface area contributed by atoms with Crippen LogP contribution in [0.15, 0.2) is 82.2 Å². The topological polar surface area (TPSA) is 86.8 Å². The first-order valence-electron chi connectivity index (χ1n) is 13.0. The molecule has 3 aromatic carbocycles. The van der Waals surface area contributed by atoms with Crippen molar-refractivity contribution in [3.8, 4) is 0 Å². The molecule has 0 aliphatic rings. The summed E-state index contributed by atoms with van der Waals surface area (Å²) < 4.78 is 29.8. The van der Waals surface area contributed by atoms with Crippen molar-refractivity contribution in [3.63, 3.8) is 0 Å². The van der Waals surface area contributed by atoms with E-state index in [4.69, 9.17) is 0 Å². The molecule has 208 valence electrons. The highest BCUT2D eigenvalue weighted by Gasteiger charge is 2.33. The first-order valence-corrected chi connectivity index (χ1v) is 15.2. The first-order chi connectivity index (χ1) is 18.5. The number of para-hydroxylation sites is 1. The summed E-state index contributed by atoms with van der Waals surface area (Å²) in [5.74, 6) is -0.761. The molecule has 7 nitrogen and oxygen atoms in total. The summed E-state index contributed by atoms with van der Waals surface area (Å²) in [7, 11) is -4.09. The minimum absolute atomic E-state index is 0.0908. The average molecular weight is 615 g/mol. The molecule has 1 atom stereocenters. The second kappa shape index (κ2) is 13.8. The van der Waals surface area contributed by atoms with E-state index in [-0.39, 0.29) is 17.3 Å². The normalized spacial score (nSPS) is 12.0. The van der Waals surface area contributed by atoms with Crippen LogP contribution in [-0.2, 0) is 26.2 Å². The lowest BCUT2D eigenvalue weighted by atomic mass is 10.1. The molecule has 0 aliphatic carbocycles. The fourth-order valence-corrected chi connectivity index (χ4v) is 6.07. The van der Waals surface area contributed by atoms with Crippen molar-refractivity contribution in [2.24, 2.45) is 0 Å². The summed E-state index contributed by atoms with van der Waals surface area (Å²) in [6, 6.07) is 20.3. The lowest BCUT2D eigenvalue weighted by molar-refractivity contribution is -0.139. The second-order valence-electron chi connectivity index (χ2n) is 9.58. The summed E-state index contributed by atoms with van der Waals surface area (Å²) >= 11 is 3.46. The molecule has 9 heteroatoms. The number of hydrogen-bond acceptors (Lipinski definition) is 4. The number of nitrogens with one attached hydrogen (secondary N) is 1. The third-order valence-corrected chi connectivity index (χ3v) is 8.78. The zero-order valence-corrected chi connectivity index (χ0v) is 25.3. The van der Waals surface area contributed by atoms with Gasteiger partial charge in [-0.3, -0.25) is 13.9 Å². The average Bonchev–Trinajstić information content (AvgIpc) is 2.90. The lowest BCUT2D eigenvalue weighted by Gasteiger charge is -2.32. The zero-order valence-electron chi connectivity index (χ0n) is 22.9. The monoisotopic (exact) mass is 613 g/mol. The summed E-state index contributed by atoms with van der Waals surface area (Å²) in [5.41, 5.74) is 2.86. The van der Waals surface area contributed by atoms with Crippen molar-refractivity contribution in [2.75, 3.05) is 17.4 Å². The maximum Gasteiger partial charge on any atom is 0.264 e. The number of carbonyl (C=O) groups is 2. The minimum Gasteiger partial charge on any atom is -0.354 e. The van der Waals surface area contributed by atoms with Crippen molar-refractivity contribution < 1.29 is 18.0 Å². The summed E-state index contributed by atoms with van der Waals surface area (Å²) in [5, 5.41) is 2.90. The fraction of sp³-hybridized carbons (Fsp3) is 0.333. The largest absolute Gasteiger partial charge is 0.354 e. The van der Waals surface area contributed by atoms with Gasteiger partial charge in [0.05, 0.1) is 10.6 Å². The minimum atomic E-state index is -4.09. The SMILES string of the molecule is CCCCNC(=O)C(C)N(Cc1cccc(Br)c1)C(=O)CN(c1ccccc1C)S(=O)(=O)c1ccc(C)cc1. The number of anilines is 1. The Balaban J connectivity index is 2.01. The van der Waals surface area contributed by atoms with E-state index in [2.05, 4.69) is 21.2 Å². The molecule has 0 bridgehead atoms. The van der Waals surface area contributed by atoms with Gasteiger partial charge in [-0.15, -0.1) is 0 Å². The molecule has 3 rings (SSSR count). The molecule has 0 spiro atoms. The van der Waals surface area contributed by atoms with E-state index in [9.17, 15) is 18.0 Å². The van der Waals surface area contributed by atoms with Gasteiger partial charge in [-0.25, -0.2) is 8.42 Å². The number of unbranched alkanes of at least 4 members (excludes halogenated alkanes) is 1. The predicted octanol–water partition coefficient (Wildman–Crippen LogP) is 5.59. The van der Waals surface area contributed by atoms with Gasteiger partial charge in [-0.1, -0.05) is 77.3 Å². The van der Waals surface area contributed by atoms with Crippen LogP contribution in [0.25, 0.3) is 0 Å². The van der Waals surface area contributed by atoms with Crippen molar-refractivity contribution in [2.45, 2.75) is 58.0 Å². The molecule has 39 heavy (non-hydrogen) atoms. The van der Waals surface area contributed by atoms with E-state index in [0.717, 1.165) is 32.7 Å². The number of amides is 2. The van der Waals surface area contributed by atoms with E-state index in [1.165, 1.54) is 4.90 Å². The Labute approximate surface area is 240 Å². The molecule has 1 unspecified atom stereocenters. The molecule has 0 saturated carbocycles. The molecule has 0 fully saturated rings. The van der Waals surface area contributed by atoms with Crippen LogP contribution in [0.1, 0.15) is 43.4 Å². The number of aryl methyl sites for hydroxylation is 2. The molecule has 0 radical (unpaired) electrons. The van der Waals surface area contributed by atoms with Crippen molar-refractivity contribution in [1.82, 2.24) is 10.2 Å². The van der Waals surface area contributed by atoms with Gasteiger partial charge in [0.1, 0.15) is 12.6 Å². The number of hydrogen-bond donors (Lipinski definition) is 1. The van der Waals surface area contributed by atoms with Gasteiger partial charge in [-0.05, 0) is 68.7 Å². The second-order valence-corrected chi connectivity index (χ2v) is 12.4. The lowest BCUT2D eigenvalue weighted by Crippen LogP contribution is -2.51. The van der Waals surface area contributed by atoms with E-state index >= 15 is 0 Å². The van der Waals surface area contributed by atoms with Crippen molar-refractivity contribution >= 4 is 43.5 Å². The first kappa shape index (κ1) is 30.4. The Morgan fingerprint density at radius 1 is 0.974 bits per heavy atom. The maximum atomic E-state index is 14.0. The Bertz CT molecular complexity index is 1390. The fourth-order valence-electron chi connectivity index (χ4n) is 4.14. The summed E-state index contributed by atoms with van der Waals surface area (Å²) in [6.07, 6.45) is 1.76. The molecule has 0 aromatic heterocycles. The Kier molecular flexibility index (Phi) is 10.7. The molecule has 0 saturated heterocycles. The van der Waals surface area contributed by atoms with E-state index < -0.39 is 28.5 Å². The molecule has 1 N–H and O–H groups in total. The Morgan fingerprint density at radius 3 is 2.31 bits per heavy atom. The van der Waals surface area contributed by atoms with Crippen LogP contribution in [-0.4, -0.2) is 44.3 Å². The van der Waals surface area contributed by atoms with Crippen LogP contribution in [0.3, 0.4) is 0 Å². The predicted molar refractivity (Wildman–Crippen MR) is 159 cm³/mol. The molecule has 0 aliphatic heterocycles. The van der Waals surface area contributed by atoms with Gasteiger partial charge in [0.2, 0.25) is 11.8 Å². The smallest absolute Gasteiger partial charge is 0.264 e. The third kappa shape index (κ3) is 7.92. The van der Waals surface area contributed by atoms with Gasteiger partial charge >= 0.3 is 0 Å². The number of rotatable bonds is 12. The highest BCUT2D eigenvalue weighted by molar-refractivity contribution is 9.10. The van der Waals surface area contributed by atoms with Crippen LogP contribution in [0.2, 0.25) is 0 Å². The molecular formula is C30H36BrN3O4S. The van der Waals surface area contributed by atoms with Crippen molar-refractivity contribution in [3.05, 3.63) is 94.0 Å². The van der Waals surface area contributed by atoms with Crippen LogP contribution in [0.5, 0.6) is 0 Å². The number of halogens is 1. The van der Waals surface area contributed by atoms with E-state index in [1.54, 1.807) is 56.3 Å². The molecule has 2 amide bonds. The van der Waals surface area contributed by atoms with Gasteiger partial charge < -0.3 is 10.2 Å². The summed E-state index contributed by atoms with van der Waals surface area (Å²) in [6.45, 7) is 7.59. The van der Waals surface area contributed by atoms with Crippen LogP contribution >= 0.6 is 15.9 Å². The standard InChI is InChI=1S/C30H36BrN3O4S/c1-5-6-18-32-30(36)24(4)33(20-25-11-9-12-26(31)19-25)29(35)21-34(28-13-8-7-10-23(28)3)39(37,38)27-16-14-22(2)15-17-27/h7-17,19,24H,5-6,18,20-21H2,1-4H3,(H,32,36). The highest BCUT2D eigenvalue weighted by Crippen LogP contribution is 2.27. The highest BCUT2D eigenvalue weighted by atomic mass is 79.9. The van der Waals surface area contributed by atoms with Gasteiger partial charge in [0, 0.05) is 17.6 Å². The Hall–Kier alpha value is -3.17. The molecule has 0 heterocycles. The number of carbonyl (C=O) groups excluding carboxylic acids is 2. The quantitative estimate of drug-likeness (QED) is 0.270. The molecular weight excluding hydrogens is 578 g/mol. The summed E-state index contributed by atoms with van der Waals surface area (Å²) in [4.78, 5) is 28.5. The number of sulfonamides is 1. The number of benzene rings is 3. The third-order valence-electron chi connectivity index (χ3n) is 6.51. The van der Waals surface area contributed by atoms with Gasteiger partial charge in [-0.2, -0.15) is 0 Å². The number of nitrogens with zero attached hydrogens (tertiary/aromatic N) is 2.